The van der Waals surface area contributed by atoms with Crippen molar-refractivity contribution in [2.45, 2.75) is 19.8 Å². The molecule has 1 heterocycles. The first kappa shape index (κ1) is 20.9. The Morgan fingerprint density at radius 2 is 1.84 bits per heavy atom. The quantitative estimate of drug-likeness (QED) is 0.369. The van der Waals surface area contributed by atoms with E-state index in [4.69, 9.17) is 10.2 Å². The van der Waals surface area contributed by atoms with Crippen molar-refractivity contribution in [2.24, 2.45) is 0 Å². The molecule has 0 radical (unpaired) electrons. The van der Waals surface area contributed by atoms with Crippen molar-refractivity contribution in [3.63, 3.8) is 0 Å². The second-order valence-electron chi connectivity index (χ2n) is 7.21. The number of carbonyl (C=O) groups excluding carboxylic acids is 2. The van der Waals surface area contributed by atoms with Crippen molar-refractivity contribution in [1.82, 2.24) is 0 Å². The highest BCUT2D eigenvalue weighted by Crippen LogP contribution is 2.39. The zero-order chi connectivity index (χ0) is 21.8. The summed E-state index contributed by atoms with van der Waals surface area (Å²) in [7, 11) is 0. The molecule has 0 fully saturated rings. The van der Waals surface area contributed by atoms with Crippen molar-refractivity contribution >= 4 is 39.4 Å². The smallest absolute Gasteiger partial charge is 0.447 e. The predicted molar refractivity (Wildman–Crippen MR) is 125 cm³/mol. The number of amides is 1. The third-order valence-electron chi connectivity index (χ3n) is 5.06. The number of Topliss-reactive ketones (excluding diaryl/α,β-unsaturated/α-hetero) is 1. The molecule has 0 atom stereocenters. The second kappa shape index (κ2) is 9.18. The van der Waals surface area contributed by atoms with Crippen LogP contribution in [0.25, 0.3) is 33.4 Å². The summed E-state index contributed by atoms with van der Waals surface area (Å²) in [5.41, 5.74) is 10.4. The first-order chi connectivity index (χ1) is 15.0. The highest BCUT2D eigenvalue weighted by Gasteiger charge is 2.18. The van der Waals surface area contributed by atoms with Crippen LogP contribution in [0.2, 0.25) is 0 Å². The van der Waals surface area contributed by atoms with E-state index in [1.807, 2.05) is 61.5 Å². The van der Waals surface area contributed by atoms with Gasteiger partial charge in [-0.3, -0.25) is 4.79 Å². The van der Waals surface area contributed by atoms with Gasteiger partial charge in [0.2, 0.25) is 5.36 Å². The predicted octanol–water partition coefficient (Wildman–Crippen LogP) is 3.99. The number of benzene rings is 3. The Labute approximate surface area is 184 Å². The molecule has 2 aromatic rings. The van der Waals surface area contributed by atoms with E-state index >= 15 is 0 Å². The van der Waals surface area contributed by atoms with Crippen molar-refractivity contribution in [3.8, 4) is 22.5 Å². The van der Waals surface area contributed by atoms with Gasteiger partial charge in [-0.25, -0.2) is 4.79 Å². The van der Waals surface area contributed by atoms with Crippen LogP contribution in [0.3, 0.4) is 0 Å². The third kappa shape index (κ3) is 4.70. The maximum atomic E-state index is 12.3. The molecule has 0 saturated heterocycles. The van der Waals surface area contributed by atoms with Crippen LogP contribution in [-0.4, -0.2) is 16.8 Å². The fourth-order valence-electron chi connectivity index (χ4n) is 3.49. The summed E-state index contributed by atoms with van der Waals surface area (Å²) < 4.78 is 6.16. The first-order valence-corrected chi connectivity index (χ1v) is 11.1. The third-order valence-corrected chi connectivity index (χ3v) is 5.84. The van der Waals surface area contributed by atoms with E-state index in [0.717, 1.165) is 33.8 Å². The Kier molecular flexibility index (Phi) is 6.18. The van der Waals surface area contributed by atoms with Gasteiger partial charge in [0.15, 0.2) is 0 Å². The van der Waals surface area contributed by atoms with Crippen LogP contribution < -0.4 is 16.1 Å². The molecule has 0 aromatic heterocycles. The number of hydrogen-bond acceptors (Lipinski definition) is 5. The number of ketones is 1. The number of rotatable bonds is 5. The first-order valence-electron chi connectivity index (χ1n) is 10.1. The molecular weight excluding hydrogens is 408 g/mol. The van der Waals surface area contributed by atoms with E-state index < -0.39 is 0 Å². The maximum absolute atomic E-state index is 12.3. The van der Waals surface area contributed by atoms with Crippen molar-refractivity contribution in [3.05, 3.63) is 72.1 Å². The monoisotopic (exact) mass is 431 g/mol. The van der Waals surface area contributed by atoms with Gasteiger partial charge in [0.1, 0.15) is 17.1 Å². The van der Waals surface area contributed by atoms with Crippen LogP contribution in [0.5, 0.6) is 0 Å². The van der Waals surface area contributed by atoms with Crippen molar-refractivity contribution in [1.29, 1.82) is 0 Å². The van der Waals surface area contributed by atoms with E-state index in [9.17, 15) is 9.59 Å². The molecule has 156 valence electrons. The minimum atomic E-state index is -0.198. The Morgan fingerprint density at radius 3 is 2.61 bits per heavy atom. The molecular formula is C25H23N2O3S+. The van der Waals surface area contributed by atoms with Gasteiger partial charge in [0.25, 0.3) is 0 Å². The topological polar surface area (TPSA) is 87.3 Å². The molecule has 1 aliphatic heterocycles. The molecule has 31 heavy (non-hydrogen) atoms. The summed E-state index contributed by atoms with van der Waals surface area (Å²) in [5, 5.41) is 1.41. The summed E-state index contributed by atoms with van der Waals surface area (Å²) in [4.78, 5) is 26.5. The highest BCUT2D eigenvalue weighted by atomic mass is 32.2. The Bertz CT molecular complexity index is 1300. The van der Waals surface area contributed by atoms with Gasteiger partial charge in [-0.2, -0.15) is 4.99 Å². The molecule has 0 unspecified atom stereocenters. The zero-order valence-electron chi connectivity index (χ0n) is 17.2. The van der Waals surface area contributed by atoms with Gasteiger partial charge in [-0.05, 0) is 35.5 Å². The lowest BCUT2D eigenvalue weighted by atomic mass is 9.94. The lowest BCUT2D eigenvalue weighted by molar-refractivity contribution is -0.376. The van der Waals surface area contributed by atoms with E-state index in [1.54, 1.807) is 0 Å². The Hall–Kier alpha value is -3.38. The average molecular weight is 432 g/mol. The summed E-state index contributed by atoms with van der Waals surface area (Å²) in [6.45, 7) is 1.83. The summed E-state index contributed by atoms with van der Waals surface area (Å²) in [6.07, 6.45) is 0.895. The van der Waals surface area contributed by atoms with Crippen molar-refractivity contribution < 1.29 is 19.0 Å². The maximum Gasteiger partial charge on any atom is 0.447 e. The van der Waals surface area contributed by atoms with E-state index in [0.29, 0.717) is 41.0 Å². The molecule has 1 amide bonds. The fourth-order valence-corrected chi connectivity index (χ4v) is 4.19. The van der Waals surface area contributed by atoms with Gasteiger partial charge in [0, 0.05) is 52.9 Å². The van der Waals surface area contributed by atoms with Crippen LogP contribution in [0, 0.1) is 0 Å². The SMILES string of the molecule is CCC(=O)CCSC(=O)/[NH+]=c1/ccc2c(-c3ccccc3)c3ccc(N)cc3oc-2c1. The molecule has 2 aromatic carbocycles. The number of anilines is 1. The molecule has 0 spiro atoms. The molecule has 4 rings (SSSR count). The van der Waals surface area contributed by atoms with E-state index in [2.05, 4.69) is 17.1 Å². The molecule has 0 bridgehead atoms. The number of nitrogens with one attached hydrogen (secondary N) is 1. The molecule has 2 aliphatic rings. The molecule has 5 nitrogen and oxygen atoms in total. The number of hydrogen-bond donors (Lipinski definition) is 2. The fraction of sp³-hybridized carbons (Fsp3) is 0.160. The summed E-state index contributed by atoms with van der Waals surface area (Å²) in [6, 6.07) is 21.4. The molecule has 3 N–H and O–H groups in total. The largest absolute Gasteiger partial charge is 0.456 e. The van der Waals surface area contributed by atoms with Gasteiger partial charge < -0.3 is 10.2 Å². The normalized spacial score (nSPS) is 11.8. The Balaban J connectivity index is 1.78. The van der Waals surface area contributed by atoms with Crippen LogP contribution in [-0.2, 0) is 4.79 Å². The summed E-state index contributed by atoms with van der Waals surface area (Å²) in [5.74, 6) is 1.28. The number of nitrogen functional groups attached to an aromatic ring is 1. The number of thioether (sulfide) groups is 1. The van der Waals surface area contributed by atoms with Gasteiger partial charge in [0.05, 0.1) is 6.07 Å². The standard InChI is InChI=1S/C25H22N2O3S/c1-2-19(28)12-13-31-25(29)27-18-9-11-21-23(15-18)30-22-14-17(26)8-10-20(22)24(21)16-6-4-3-5-7-16/h3-11,14-15H,2,12-13,26H2,1H3/p+1/b27-18-. The lowest BCUT2D eigenvalue weighted by Crippen LogP contribution is -2.79. The van der Waals surface area contributed by atoms with Gasteiger partial charge in [-0.15, -0.1) is 0 Å². The minimum Gasteiger partial charge on any atom is -0.456 e. The van der Waals surface area contributed by atoms with Gasteiger partial charge in [-0.1, -0.05) is 37.3 Å². The summed E-state index contributed by atoms with van der Waals surface area (Å²) >= 11 is 1.11. The zero-order valence-corrected chi connectivity index (χ0v) is 18.0. The highest BCUT2D eigenvalue weighted by molar-refractivity contribution is 8.13. The van der Waals surface area contributed by atoms with Gasteiger partial charge >= 0.3 is 5.24 Å². The van der Waals surface area contributed by atoms with Crippen molar-refractivity contribution in [2.75, 3.05) is 11.5 Å². The lowest BCUT2D eigenvalue weighted by Gasteiger charge is -2.15. The number of carbonyl (C=O) groups is 2. The number of fused-ring (bicyclic) bond motifs is 2. The average Bonchev–Trinajstić information content (AvgIpc) is 2.77. The second-order valence-corrected chi connectivity index (χ2v) is 8.28. The van der Waals surface area contributed by atoms with Crippen LogP contribution in [0.4, 0.5) is 10.5 Å². The van der Waals surface area contributed by atoms with E-state index in [1.165, 1.54) is 0 Å². The minimum absolute atomic E-state index is 0.157. The molecule has 0 saturated carbocycles. The van der Waals surface area contributed by atoms with Crippen LogP contribution in [0.1, 0.15) is 19.8 Å². The van der Waals surface area contributed by atoms with Crippen LogP contribution in [0.15, 0.2) is 71.1 Å². The molecule has 1 aliphatic carbocycles. The number of nitrogens with two attached hydrogens (primary N) is 1. The molecule has 6 heteroatoms. The van der Waals surface area contributed by atoms with E-state index in [-0.39, 0.29) is 11.0 Å². The Morgan fingerprint density at radius 1 is 1.03 bits per heavy atom. The van der Waals surface area contributed by atoms with Crippen LogP contribution >= 0.6 is 11.8 Å².